The molecule has 0 aliphatic rings. The van der Waals surface area contributed by atoms with Crippen molar-refractivity contribution in [3.63, 3.8) is 0 Å². The van der Waals surface area contributed by atoms with Gasteiger partial charge in [-0.25, -0.2) is 12.8 Å². The Hall–Kier alpha value is -4.21. The molecule has 0 saturated carbocycles. The zero-order chi connectivity index (χ0) is 30.3. The van der Waals surface area contributed by atoms with Crippen LogP contribution in [-0.2, 0) is 32.6 Å². The molecular formula is C32H31ClFN3O4S. The van der Waals surface area contributed by atoms with E-state index in [-0.39, 0.29) is 23.5 Å². The molecule has 4 aromatic rings. The molecule has 10 heteroatoms. The van der Waals surface area contributed by atoms with Gasteiger partial charge in [-0.2, -0.15) is 0 Å². The van der Waals surface area contributed by atoms with Crippen LogP contribution in [0.1, 0.15) is 16.7 Å². The van der Waals surface area contributed by atoms with Crippen molar-refractivity contribution >= 4 is 39.1 Å². The maximum atomic E-state index is 15.1. The van der Waals surface area contributed by atoms with Crippen LogP contribution in [0.4, 0.5) is 10.1 Å². The molecule has 1 atom stereocenters. The SMILES string of the molecule is CNC(=O)[C@H](Cc1ccccc1)N(Cc1ccc(Cl)cc1)C(=O)CN(c1ccccc1F)S(=O)(=O)c1ccc(C)cc1. The Morgan fingerprint density at radius 2 is 1.48 bits per heavy atom. The van der Waals surface area contributed by atoms with Crippen molar-refractivity contribution in [2.75, 3.05) is 17.9 Å². The number of rotatable bonds is 11. The second-order valence-electron chi connectivity index (χ2n) is 9.74. The number of anilines is 1. The van der Waals surface area contributed by atoms with Gasteiger partial charge in [0.05, 0.1) is 10.6 Å². The maximum Gasteiger partial charge on any atom is 0.264 e. The molecule has 7 nitrogen and oxygen atoms in total. The van der Waals surface area contributed by atoms with E-state index in [0.29, 0.717) is 10.6 Å². The summed E-state index contributed by atoms with van der Waals surface area (Å²) in [6.45, 7) is 1.05. The highest BCUT2D eigenvalue weighted by Gasteiger charge is 2.35. The van der Waals surface area contributed by atoms with Crippen LogP contribution in [0.5, 0.6) is 0 Å². The number of carbonyl (C=O) groups excluding carboxylic acids is 2. The number of likely N-dealkylation sites (N-methyl/N-ethyl adjacent to an activating group) is 1. The predicted molar refractivity (Wildman–Crippen MR) is 162 cm³/mol. The van der Waals surface area contributed by atoms with Crippen LogP contribution in [0.15, 0.2) is 108 Å². The number of hydrogen-bond donors (Lipinski definition) is 1. The molecule has 4 rings (SSSR count). The van der Waals surface area contributed by atoms with Crippen LogP contribution in [0.3, 0.4) is 0 Å². The van der Waals surface area contributed by atoms with Gasteiger partial charge in [-0.3, -0.25) is 13.9 Å². The highest BCUT2D eigenvalue weighted by atomic mass is 35.5. The van der Waals surface area contributed by atoms with Crippen LogP contribution in [0.2, 0.25) is 5.02 Å². The summed E-state index contributed by atoms with van der Waals surface area (Å²) < 4.78 is 43.7. The summed E-state index contributed by atoms with van der Waals surface area (Å²) >= 11 is 6.07. The minimum absolute atomic E-state index is 0.0172. The van der Waals surface area contributed by atoms with E-state index in [1.807, 2.05) is 37.3 Å². The molecule has 1 N–H and O–H groups in total. The largest absolute Gasteiger partial charge is 0.357 e. The monoisotopic (exact) mass is 607 g/mol. The van der Waals surface area contributed by atoms with Gasteiger partial charge in [0.15, 0.2) is 0 Å². The van der Waals surface area contributed by atoms with E-state index in [1.54, 1.807) is 36.4 Å². The molecule has 0 spiro atoms. The molecule has 0 saturated heterocycles. The number of nitrogens with zero attached hydrogens (tertiary/aromatic N) is 2. The van der Waals surface area contributed by atoms with E-state index in [4.69, 9.17) is 11.6 Å². The molecule has 0 aromatic heterocycles. The van der Waals surface area contributed by atoms with Crippen LogP contribution in [-0.4, -0.2) is 44.8 Å². The lowest BCUT2D eigenvalue weighted by Crippen LogP contribution is -2.53. The molecule has 2 amide bonds. The number of sulfonamides is 1. The molecule has 42 heavy (non-hydrogen) atoms. The second kappa shape index (κ2) is 13.6. The van der Waals surface area contributed by atoms with Gasteiger partial charge in [0.2, 0.25) is 11.8 Å². The standard InChI is InChI=1S/C32H31ClFN3O4S/c1-23-12-18-27(19-13-23)42(40,41)37(29-11-7-6-10-28(29)34)22-31(38)36(21-25-14-16-26(33)17-15-25)30(32(39)35-2)20-24-8-4-3-5-9-24/h3-19,30H,20-22H2,1-2H3,(H,35,39)/t30-/m0/s1. The quantitative estimate of drug-likeness (QED) is 0.248. The number of halogens is 2. The smallest absolute Gasteiger partial charge is 0.264 e. The first-order valence-corrected chi connectivity index (χ1v) is 15.1. The molecule has 4 aromatic carbocycles. The van der Waals surface area contributed by atoms with Gasteiger partial charge < -0.3 is 10.2 Å². The third-order valence-corrected chi connectivity index (χ3v) is 8.82. The van der Waals surface area contributed by atoms with Crippen molar-refractivity contribution in [3.8, 4) is 0 Å². The van der Waals surface area contributed by atoms with Gasteiger partial charge in [0, 0.05) is 25.0 Å². The van der Waals surface area contributed by atoms with E-state index < -0.39 is 40.2 Å². The van der Waals surface area contributed by atoms with E-state index in [1.165, 1.54) is 42.3 Å². The van der Waals surface area contributed by atoms with Crippen LogP contribution in [0.25, 0.3) is 0 Å². The zero-order valence-electron chi connectivity index (χ0n) is 23.2. The number of para-hydroxylation sites is 1. The van der Waals surface area contributed by atoms with Gasteiger partial charge in [-0.1, -0.05) is 83.9 Å². The molecule has 0 aliphatic carbocycles. The number of nitrogens with one attached hydrogen (secondary N) is 1. The lowest BCUT2D eigenvalue weighted by atomic mass is 10.0. The Labute approximate surface area is 250 Å². The maximum absolute atomic E-state index is 15.1. The van der Waals surface area contributed by atoms with Crippen molar-refractivity contribution in [1.82, 2.24) is 10.2 Å². The fraction of sp³-hybridized carbons (Fsp3) is 0.188. The zero-order valence-corrected chi connectivity index (χ0v) is 24.8. The summed E-state index contributed by atoms with van der Waals surface area (Å²) in [4.78, 5) is 28.7. The van der Waals surface area contributed by atoms with Crippen LogP contribution < -0.4 is 9.62 Å². The Morgan fingerprint density at radius 1 is 0.857 bits per heavy atom. The third-order valence-electron chi connectivity index (χ3n) is 6.79. The van der Waals surface area contributed by atoms with Crippen molar-refractivity contribution in [1.29, 1.82) is 0 Å². The summed E-state index contributed by atoms with van der Waals surface area (Å²) in [6, 6.07) is 26.4. The van der Waals surface area contributed by atoms with Gasteiger partial charge in [-0.05, 0) is 54.4 Å². The molecular weight excluding hydrogens is 577 g/mol. The molecule has 0 heterocycles. The van der Waals surface area contributed by atoms with E-state index in [0.717, 1.165) is 21.5 Å². The Balaban J connectivity index is 1.79. The summed E-state index contributed by atoms with van der Waals surface area (Å²) in [6.07, 6.45) is 0.171. The number of aryl methyl sites for hydroxylation is 1. The lowest BCUT2D eigenvalue weighted by Gasteiger charge is -2.33. The van der Waals surface area contributed by atoms with E-state index in [2.05, 4.69) is 5.32 Å². The summed E-state index contributed by atoms with van der Waals surface area (Å²) in [5.74, 6) is -1.93. The number of carbonyl (C=O) groups is 2. The van der Waals surface area contributed by atoms with Crippen LogP contribution in [0, 0.1) is 12.7 Å². The first-order valence-electron chi connectivity index (χ1n) is 13.2. The number of hydrogen-bond acceptors (Lipinski definition) is 4. The van der Waals surface area contributed by atoms with Gasteiger partial charge >= 0.3 is 0 Å². The minimum Gasteiger partial charge on any atom is -0.357 e. The van der Waals surface area contributed by atoms with Gasteiger partial charge in [0.25, 0.3) is 10.0 Å². The van der Waals surface area contributed by atoms with Gasteiger partial charge in [0.1, 0.15) is 18.4 Å². The first-order chi connectivity index (χ1) is 20.1. The number of benzene rings is 4. The Bertz CT molecular complexity index is 1630. The topological polar surface area (TPSA) is 86.8 Å². The Kier molecular flexibility index (Phi) is 9.98. The fourth-order valence-corrected chi connectivity index (χ4v) is 6.06. The van der Waals surface area contributed by atoms with Crippen molar-refractivity contribution < 1.29 is 22.4 Å². The first kappa shape index (κ1) is 30.7. The summed E-state index contributed by atoms with van der Waals surface area (Å²) in [5, 5.41) is 3.12. The van der Waals surface area contributed by atoms with Gasteiger partial charge in [-0.15, -0.1) is 0 Å². The highest BCUT2D eigenvalue weighted by Crippen LogP contribution is 2.27. The van der Waals surface area contributed by atoms with Crippen molar-refractivity contribution in [3.05, 3.63) is 131 Å². The Morgan fingerprint density at radius 3 is 2.10 bits per heavy atom. The molecule has 218 valence electrons. The predicted octanol–water partition coefficient (Wildman–Crippen LogP) is 5.37. The van der Waals surface area contributed by atoms with Crippen molar-refractivity contribution in [2.24, 2.45) is 0 Å². The molecule has 0 fully saturated rings. The molecule has 0 unspecified atom stereocenters. The minimum atomic E-state index is -4.38. The average Bonchev–Trinajstić information content (AvgIpc) is 2.99. The second-order valence-corrected chi connectivity index (χ2v) is 12.0. The average molecular weight is 608 g/mol. The highest BCUT2D eigenvalue weighted by molar-refractivity contribution is 7.92. The van der Waals surface area contributed by atoms with E-state index >= 15 is 4.39 Å². The van der Waals surface area contributed by atoms with Crippen molar-refractivity contribution in [2.45, 2.75) is 30.8 Å². The fourth-order valence-electron chi connectivity index (χ4n) is 4.51. The normalized spacial score (nSPS) is 11.9. The molecule has 0 bridgehead atoms. The van der Waals surface area contributed by atoms with E-state index in [9.17, 15) is 18.0 Å². The third kappa shape index (κ3) is 7.35. The van der Waals surface area contributed by atoms with Crippen LogP contribution >= 0.6 is 11.6 Å². The molecule has 0 radical (unpaired) electrons. The summed E-state index contributed by atoms with van der Waals surface area (Å²) in [7, 11) is -2.91. The molecule has 0 aliphatic heterocycles. The number of amides is 2. The summed E-state index contributed by atoms with van der Waals surface area (Å²) in [5.41, 5.74) is 2.04. The lowest BCUT2D eigenvalue weighted by molar-refractivity contribution is -0.139.